The van der Waals surface area contributed by atoms with Crippen LogP contribution in [0.4, 0.5) is 17.6 Å². The molecule has 2 N–H and O–H groups in total. The van der Waals surface area contributed by atoms with Gasteiger partial charge in [0.25, 0.3) is 5.91 Å². The first kappa shape index (κ1) is 23.8. The van der Waals surface area contributed by atoms with Crippen LogP contribution in [0.25, 0.3) is 11.7 Å². The molecule has 0 bridgehead atoms. The zero-order chi connectivity index (χ0) is 25.9. The number of imide groups is 1. The van der Waals surface area contributed by atoms with Crippen molar-refractivity contribution < 1.29 is 14.3 Å². The van der Waals surface area contributed by atoms with Gasteiger partial charge in [0.15, 0.2) is 5.65 Å². The average Bonchev–Trinajstić information content (AvgIpc) is 3.50. The van der Waals surface area contributed by atoms with Crippen molar-refractivity contribution in [2.45, 2.75) is 13.0 Å². The molecular weight excluding hydrogens is 484 g/mol. The molecule has 11 nitrogen and oxygen atoms in total. The van der Waals surface area contributed by atoms with E-state index >= 15 is 0 Å². The smallest absolute Gasteiger partial charge is 0.254 e. The molecule has 2 saturated heterocycles. The summed E-state index contributed by atoms with van der Waals surface area (Å²) in [5, 5.41) is 14.4. The summed E-state index contributed by atoms with van der Waals surface area (Å²) in [6, 6.07) is 19.8. The van der Waals surface area contributed by atoms with Gasteiger partial charge in [0.2, 0.25) is 17.8 Å². The number of hydrazine groups is 1. The van der Waals surface area contributed by atoms with Crippen molar-refractivity contribution in [3.63, 3.8) is 0 Å². The Bertz CT molecular complexity index is 1500. The molecule has 2 amide bonds. The van der Waals surface area contributed by atoms with E-state index in [-0.39, 0.29) is 12.3 Å². The molecule has 6 rings (SSSR count). The third-order valence-electron chi connectivity index (χ3n) is 6.37. The topological polar surface area (TPSA) is 117 Å². The second-order valence-corrected chi connectivity index (χ2v) is 9.01. The number of amides is 2. The lowest BCUT2D eigenvalue weighted by molar-refractivity contribution is -0.124. The van der Waals surface area contributed by atoms with Gasteiger partial charge in [-0.3, -0.25) is 19.9 Å². The number of morpholine rings is 1. The largest absolute Gasteiger partial charge is 0.379 e. The standard InChI is InChI=1S/C27H26N8O3/c36-23-16-20(25(37)30-23)15-21-17-28-35-24(21)31-26(32-27(35)29-22-9-5-2-6-10-22)34(33-11-13-38-14-12-33)18-19-7-3-1-4-8-19/h1-10,15,17H,11-14,16,18H2,(H,29,31,32)(H,30,36,37). The number of para-hydroxylation sites is 1. The Morgan fingerprint density at radius 2 is 1.74 bits per heavy atom. The van der Waals surface area contributed by atoms with Crippen molar-refractivity contribution in [1.29, 1.82) is 0 Å². The van der Waals surface area contributed by atoms with Crippen LogP contribution < -0.4 is 15.6 Å². The van der Waals surface area contributed by atoms with Crippen molar-refractivity contribution in [1.82, 2.24) is 29.9 Å². The number of benzene rings is 2. The molecule has 0 atom stereocenters. The highest BCUT2D eigenvalue weighted by Gasteiger charge is 2.26. The number of fused-ring (bicyclic) bond motifs is 1. The van der Waals surface area contributed by atoms with Crippen LogP contribution in [0.5, 0.6) is 0 Å². The van der Waals surface area contributed by atoms with Gasteiger partial charge in [0, 0.05) is 29.9 Å². The van der Waals surface area contributed by atoms with Crippen LogP contribution in [-0.4, -0.2) is 62.7 Å². The molecule has 2 aromatic heterocycles. The fourth-order valence-corrected chi connectivity index (χ4v) is 4.49. The number of aromatic nitrogens is 4. The van der Waals surface area contributed by atoms with Crippen LogP contribution >= 0.6 is 0 Å². The number of carbonyl (C=O) groups is 2. The molecule has 4 heterocycles. The van der Waals surface area contributed by atoms with Gasteiger partial charge in [-0.25, -0.2) is 5.01 Å². The molecule has 2 aliphatic heterocycles. The first-order valence-electron chi connectivity index (χ1n) is 12.4. The molecule has 11 heteroatoms. The molecule has 2 fully saturated rings. The van der Waals surface area contributed by atoms with E-state index in [0.29, 0.717) is 61.5 Å². The summed E-state index contributed by atoms with van der Waals surface area (Å²) in [5.41, 5.74) is 3.45. The van der Waals surface area contributed by atoms with Crippen molar-refractivity contribution in [3.8, 4) is 0 Å². The van der Waals surface area contributed by atoms with Crippen molar-refractivity contribution in [3.05, 3.63) is 83.6 Å². The van der Waals surface area contributed by atoms with E-state index in [0.717, 1.165) is 11.3 Å². The zero-order valence-corrected chi connectivity index (χ0v) is 20.6. The van der Waals surface area contributed by atoms with E-state index < -0.39 is 5.91 Å². The van der Waals surface area contributed by atoms with Crippen molar-refractivity contribution >= 4 is 41.1 Å². The van der Waals surface area contributed by atoms with Gasteiger partial charge >= 0.3 is 0 Å². The molecule has 2 aliphatic rings. The van der Waals surface area contributed by atoms with Gasteiger partial charge in [-0.2, -0.15) is 19.6 Å². The normalized spacial score (nSPS) is 17.2. The molecule has 0 spiro atoms. The molecule has 0 saturated carbocycles. The van der Waals surface area contributed by atoms with Crippen LogP contribution in [0.2, 0.25) is 0 Å². The number of hydrogen-bond acceptors (Lipinski definition) is 9. The summed E-state index contributed by atoms with van der Waals surface area (Å²) in [7, 11) is 0. The Morgan fingerprint density at radius 3 is 2.45 bits per heavy atom. The van der Waals surface area contributed by atoms with Gasteiger partial charge < -0.3 is 10.1 Å². The molecule has 0 aliphatic carbocycles. The predicted octanol–water partition coefficient (Wildman–Crippen LogP) is 2.55. The highest BCUT2D eigenvalue weighted by atomic mass is 16.5. The van der Waals surface area contributed by atoms with Crippen LogP contribution in [0.3, 0.4) is 0 Å². The predicted molar refractivity (Wildman–Crippen MR) is 141 cm³/mol. The van der Waals surface area contributed by atoms with E-state index in [9.17, 15) is 9.59 Å². The van der Waals surface area contributed by atoms with Gasteiger partial charge in [0.1, 0.15) is 0 Å². The Balaban J connectivity index is 1.48. The SMILES string of the molecule is O=C1CC(=Cc2cnn3c(Nc4ccccc4)nc(N(Cc4ccccc4)N4CCOCC4)nc23)C(=O)N1. The van der Waals surface area contributed by atoms with E-state index in [1.807, 2.05) is 48.5 Å². The third-order valence-corrected chi connectivity index (χ3v) is 6.37. The second kappa shape index (κ2) is 10.4. The molecular formula is C27H26N8O3. The summed E-state index contributed by atoms with van der Waals surface area (Å²) in [5.74, 6) is 0.235. The Morgan fingerprint density at radius 1 is 1.00 bits per heavy atom. The summed E-state index contributed by atoms with van der Waals surface area (Å²) >= 11 is 0. The minimum Gasteiger partial charge on any atom is -0.379 e. The maximum Gasteiger partial charge on any atom is 0.254 e. The van der Waals surface area contributed by atoms with Crippen LogP contribution in [0.15, 0.2) is 72.4 Å². The summed E-state index contributed by atoms with van der Waals surface area (Å²) in [4.78, 5) is 33.8. The summed E-state index contributed by atoms with van der Waals surface area (Å²) < 4.78 is 7.21. The zero-order valence-electron chi connectivity index (χ0n) is 20.6. The summed E-state index contributed by atoms with van der Waals surface area (Å²) in [6.45, 7) is 3.16. The first-order chi connectivity index (χ1) is 18.6. The number of carbonyl (C=O) groups excluding carboxylic acids is 2. The molecule has 2 aromatic carbocycles. The number of hydrogen-bond donors (Lipinski definition) is 2. The van der Waals surface area contributed by atoms with Gasteiger partial charge in [-0.05, 0) is 23.8 Å². The minimum absolute atomic E-state index is 0.0249. The van der Waals surface area contributed by atoms with Crippen LogP contribution in [0.1, 0.15) is 17.5 Å². The lowest BCUT2D eigenvalue weighted by atomic mass is 10.1. The first-order valence-corrected chi connectivity index (χ1v) is 12.4. The fourth-order valence-electron chi connectivity index (χ4n) is 4.49. The van der Waals surface area contributed by atoms with E-state index in [1.165, 1.54) is 0 Å². The average molecular weight is 511 g/mol. The highest BCUT2D eigenvalue weighted by molar-refractivity contribution is 6.15. The molecule has 192 valence electrons. The Labute approximate surface area is 218 Å². The highest BCUT2D eigenvalue weighted by Crippen LogP contribution is 2.25. The lowest BCUT2D eigenvalue weighted by Crippen LogP contribution is -2.49. The van der Waals surface area contributed by atoms with Crippen LogP contribution in [-0.2, 0) is 20.9 Å². The number of rotatable bonds is 7. The van der Waals surface area contributed by atoms with Crippen molar-refractivity contribution in [2.24, 2.45) is 0 Å². The molecule has 4 aromatic rings. The number of nitrogens with one attached hydrogen (secondary N) is 2. The monoisotopic (exact) mass is 510 g/mol. The maximum atomic E-state index is 12.2. The van der Waals surface area contributed by atoms with E-state index in [4.69, 9.17) is 14.7 Å². The second-order valence-electron chi connectivity index (χ2n) is 9.01. The van der Waals surface area contributed by atoms with Crippen molar-refractivity contribution in [2.75, 3.05) is 36.6 Å². The minimum atomic E-state index is -0.398. The number of anilines is 3. The number of ether oxygens (including phenoxy) is 1. The Kier molecular flexibility index (Phi) is 6.51. The quantitative estimate of drug-likeness (QED) is 0.286. The molecule has 0 radical (unpaired) electrons. The third kappa shape index (κ3) is 4.97. The Hall–Kier alpha value is -4.61. The lowest BCUT2D eigenvalue weighted by Gasteiger charge is -2.37. The van der Waals surface area contributed by atoms with Gasteiger partial charge in [-0.15, -0.1) is 0 Å². The molecule has 38 heavy (non-hydrogen) atoms. The van der Waals surface area contributed by atoms with Gasteiger partial charge in [0.05, 0.1) is 32.4 Å². The van der Waals surface area contributed by atoms with E-state index in [1.54, 1.807) is 16.8 Å². The van der Waals surface area contributed by atoms with E-state index in [2.05, 4.69) is 37.9 Å². The summed E-state index contributed by atoms with van der Waals surface area (Å²) in [6.07, 6.45) is 3.32. The number of nitrogens with zero attached hydrogens (tertiary/aromatic N) is 6. The fraction of sp³-hybridized carbons (Fsp3) is 0.222. The van der Waals surface area contributed by atoms with Gasteiger partial charge in [-0.1, -0.05) is 48.5 Å². The molecule has 0 unspecified atom stereocenters. The van der Waals surface area contributed by atoms with Crippen LogP contribution in [0, 0.1) is 0 Å². The maximum absolute atomic E-state index is 12.2.